The lowest BCUT2D eigenvalue weighted by Gasteiger charge is -2.13. The van der Waals surface area contributed by atoms with E-state index in [0.717, 1.165) is 22.2 Å². The number of nitrogens with one attached hydrogen (secondary N) is 1. The molecular weight excluding hydrogens is 446 g/mol. The molecule has 2 N–H and O–H groups in total. The number of benzene rings is 3. The molecule has 1 aromatic heterocycles. The molecule has 32 heavy (non-hydrogen) atoms. The van der Waals surface area contributed by atoms with Crippen LogP contribution in [-0.2, 0) is 32.8 Å². The van der Waals surface area contributed by atoms with Crippen LogP contribution in [0.1, 0.15) is 22.3 Å². The van der Waals surface area contributed by atoms with Gasteiger partial charge in [0.15, 0.2) is 0 Å². The summed E-state index contributed by atoms with van der Waals surface area (Å²) in [7, 11) is -7.91. The SMILES string of the molecule is Cc1ccc(S(=O)(=O)O)c(C)c1CCc1ccc2c(S(=O)(=O)c3ccccc3)c[nH]c2c1. The number of sulfone groups is 1. The van der Waals surface area contributed by atoms with Gasteiger partial charge in [-0.3, -0.25) is 4.55 Å². The van der Waals surface area contributed by atoms with Crippen LogP contribution < -0.4 is 0 Å². The summed E-state index contributed by atoms with van der Waals surface area (Å²) in [6, 6.07) is 17.0. The Balaban J connectivity index is 1.64. The third-order valence-electron chi connectivity index (χ3n) is 5.78. The number of hydrogen-bond donors (Lipinski definition) is 2. The van der Waals surface area contributed by atoms with Crippen molar-refractivity contribution in [3.05, 3.63) is 89.1 Å². The fourth-order valence-corrected chi connectivity index (χ4v) is 6.26. The highest BCUT2D eigenvalue weighted by Gasteiger charge is 2.22. The molecule has 0 saturated carbocycles. The summed E-state index contributed by atoms with van der Waals surface area (Å²) in [6.45, 7) is 3.60. The van der Waals surface area contributed by atoms with Gasteiger partial charge < -0.3 is 4.98 Å². The normalized spacial score (nSPS) is 12.3. The Morgan fingerprint density at radius 2 is 1.56 bits per heavy atom. The summed E-state index contributed by atoms with van der Waals surface area (Å²) >= 11 is 0. The Morgan fingerprint density at radius 3 is 2.25 bits per heavy atom. The summed E-state index contributed by atoms with van der Waals surface area (Å²) < 4.78 is 58.7. The average molecular weight is 470 g/mol. The van der Waals surface area contributed by atoms with E-state index in [0.29, 0.717) is 23.8 Å². The zero-order valence-electron chi connectivity index (χ0n) is 17.7. The number of fused-ring (bicyclic) bond motifs is 1. The molecule has 0 bridgehead atoms. The van der Waals surface area contributed by atoms with Gasteiger partial charge in [0.05, 0.1) is 14.7 Å². The first-order valence-electron chi connectivity index (χ1n) is 10.1. The molecule has 0 atom stereocenters. The fourth-order valence-electron chi connectivity index (χ4n) is 4.06. The minimum atomic E-state index is -4.28. The Bertz CT molecular complexity index is 1520. The molecule has 0 aliphatic rings. The molecule has 0 unspecified atom stereocenters. The van der Waals surface area contributed by atoms with E-state index in [1.165, 1.54) is 12.3 Å². The molecular formula is C24H23NO5S2. The number of hydrogen-bond acceptors (Lipinski definition) is 4. The molecule has 4 aromatic rings. The van der Waals surface area contributed by atoms with Crippen molar-refractivity contribution in [2.45, 2.75) is 41.4 Å². The van der Waals surface area contributed by atoms with Crippen molar-refractivity contribution in [3.63, 3.8) is 0 Å². The van der Waals surface area contributed by atoms with Crippen LogP contribution in [0.4, 0.5) is 0 Å². The number of aromatic amines is 1. The van der Waals surface area contributed by atoms with Gasteiger partial charge in [0.2, 0.25) is 9.84 Å². The first kappa shape index (κ1) is 22.3. The molecule has 6 nitrogen and oxygen atoms in total. The fraction of sp³-hybridized carbons (Fsp3) is 0.167. The second-order valence-corrected chi connectivity index (χ2v) is 11.1. The molecule has 0 spiro atoms. The van der Waals surface area contributed by atoms with E-state index in [1.54, 1.807) is 49.4 Å². The van der Waals surface area contributed by atoms with E-state index in [-0.39, 0.29) is 14.7 Å². The van der Waals surface area contributed by atoms with Gasteiger partial charge in [0, 0.05) is 17.1 Å². The highest BCUT2D eigenvalue weighted by Crippen LogP contribution is 2.29. The first-order valence-corrected chi connectivity index (χ1v) is 13.0. The van der Waals surface area contributed by atoms with Gasteiger partial charge >= 0.3 is 0 Å². The maximum absolute atomic E-state index is 13.0. The maximum Gasteiger partial charge on any atom is 0.294 e. The van der Waals surface area contributed by atoms with Crippen LogP contribution in [-0.4, -0.2) is 26.4 Å². The van der Waals surface area contributed by atoms with Crippen molar-refractivity contribution >= 4 is 30.9 Å². The topological polar surface area (TPSA) is 104 Å². The Kier molecular flexibility index (Phi) is 5.70. The molecule has 4 rings (SSSR count). The third kappa shape index (κ3) is 4.09. The standard InChI is InChI=1S/C24H23NO5S2/c1-16-8-13-23(32(28,29)30)17(2)20(16)11-9-18-10-12-21-22(14-18)25-15-24(21)31(26,27)19-6-4-3-5-7-19/h3-8,10,12-15,25H,9,11H2,1-2H3,(H,28,29,30). The highest BCUT2D eigenvalue weighted by atomic mass is 32.2. The van der Waals surface area contributed by atoms with Gasteiger partial charge in [0.25, 0.3) is 10.1 Å². The minimum Gasteiger partial charge on any atom is -0.360 e. The zero-order chi connectivity index (χ0) is 23.1. The van der Waals surface area contributed by atoms with E-state index < -0.39 is 20.0 Å². The van der Waals surface area contributed by atoms with Crippen molar-refractivity contribution in [2.24, 2.45) is 0 Å². The first-order chi connectivity index (χ1) is 15.1. The van der Waals surface area contributed by atoms with Gasteiger partial charge in [-0.2, -0.15) is 8.42 Å². The van der Waals surface area contributed by atoms with E-state index in [1.807, 2.05) is 19.1 Å². The molecule has 0 aliphatic heterocycles. The third-order valence-corrected chi connectivity index (χ3v) is 8.58. The van der Waals surface area contributed by atoms with E-state index in [4.69, 9.17) is 0 Å². The molecule has 0 fully saturated rings. The van der Waals surface area contributed by atoms with E-state index in [2.05, 4.69) is 4.98 Å². The van der Waals surface area contributed by atoms with Gasteiger partial charge in [-0.15, -0.1) is 0 Å². The molecule has 0 aliphatic carbocycles. The van der Waals surface area contributed by atoms with Crippen LogP contribution in [0.15, 0.2) is 81.5 Å². The number of aromatic nitrogens is 1. The van der Waals surface area contributed by atoms with Gasteiger partial charge in [-0.25, -0.2) is 8.42 Å². The lowest BCUT2D eigenvalue weighted by molar-refractivity contribution is 0.482. The van der Waals surface area contributed by atoms with Crippen LogP contribution in [0.3, 0.4) is 0 Å². The van der Waals surface area contributed by atoms with Crippen molar-refractivity contribution in [1.29, 1.82) is 0 Å². The largest absolute Gasteiger partial charge is 0.360 e. The van der Waals surface area contributed by atoms with Crippen LogP contribution >= 0.6 is 0 Å². The number of aryl methyl sites for hydroxylation is 2. The van der Waals surface area contributed by atoms with Gasteiger partial charge in [0.1, 0.15) is 0 Å². The van der Waals surface area contributed by atoms with Crippen LogP contribution in [0.5, 0.6) is 0 Å². The smallest absolute Gasteiger partial charge is 0.294 e. The Hall–Kier alpha value is -2.94. The average Bonchev–Trinajstić information content (AvgIpc) is 3.17. The van der Waals surface area contributed by atoms with Crippen molar-refractivity contribution < 1.29 is 21.4 Å². The van der Waals surface area contributed by atoms with Gasteiger partial charge in [-0.1, -0.05) is 36.4 Å². The van der Waals surface area contributed by atoms with Gasteiger partial charge in [-0.05, 0) is 73.2 Å². The Morgan fingerprint density at radius 1 is 0.844 bits per heavy atom. The summed E-state index contributed by atoms with van der Waals surface area (Å²) in [6.07, 6.45) is 2.73. The second-order valence-electron chi connectivity index (χ2n) is 7.81. The second kappa shape index (κ2) is 8.20. The number of rotatable bonds is 6. The summed E-state index contributed by atoms with van der Waals surface area (Å²) in [5, 5.41) is 0.623. The predicted molar refractivity (Wildman–Crippen MR) is 123 cm³/mol. The van der Waals surface area contributed by atoms with Crippen molar-refractivity contribution in [2.75, 3.05) is 0 Å². The van der Waals surface area contributed by atoms with Crippen LogP contribution in [0, 0.1) is 13.8 Å². The van der Waals surface area contributed by atoms with Crippen LogP contribution in [0.25, 0.3) is 10.9 Å². The molecule has 0 saturated heterocycles. The van der Waals surface area contributed by atoms with Crippen molar-refractivity contribution in [1.82, 2.24) is 4.98 Å². The summed E-state index contributed by atoms with van der Waals surface area (Å²) in [5.41, 5.74) is 4.08. The monoisotopic (exact) mass is 469 g/mol. The molecule has 8 heteroatoms. The maximum atomic E-state index is 13.0. The minimum absolute atomic E-state index is 0.0753. The molecule has 0 radical (unpaired) electrons. The lowest BCUT2D eigenvalue weighted by atomic mass is 9.96. The van der Waals surface area contributed by atoms with Crippen molar-refractivity contribution in [3.8, 4) is 0 Å². The molecule has 166 valence electrons. The molecule has 0 amide bonds. The zero-order valence-corrected chi connectivity index (χ0v) is 19.3. The Labute approximate surface area is 187 Å². The van der Waals surface area contributed by atoms with E-state index >= 15 is 0 Å². The summed E-state index contributed by atoms with van der Waals surface area (Å²) in [5.74, 6) is 0. The number of H-pyrrole nitrogens is 1. The molecule has 1 heterocycles. The predicted octanol–water partition coefficient (Wildman–Crippen LogP) is 4.65. The molecule has 3 aromatic carbocycles. The highest BCUT2D eigenvalue weighted by molar-refractivity contribution is 7.91. The van der Waals surface area contributed by atoms with E-state index in [9.17, 15) is 21.4 Å². The van der Waals surface area contributed by atoms with Crippen LogP contribution in [0.2, 0.25) is 0 Å². The lowest BCUT2D eigenvalue weighted by Crippen LogP contribution is -2.06. The summed E-state index contributed by atoms with van der Waals surface area (Å²) in [4.78, 5) is 3.47. The quantitative estimate of drug-likeness (QED) is 0.400.